The van der Waals surface area contributed by atoms with Crippen LogP contribution in [0.2, 0.25) is 0 Å². The van der Waals surface area contributed by atoms with Crippen LogP contribution in [-0.4, -0.2) is 59.3 Å². The fraction of sp³-hybridized carbons (Fsp3) is 0.444. The zero-order valence-electron chi connectivity index (χ0n) is 14.6. The van der Waals surface area contributed by atoms with Crippen LogP contribution in [-0.2, 0) is 11.3 Å². The molecule has 1 aliphatic rings. The third-order valence-corrected chi connectivity index (χ3v) is 4.17. The van der Waals surface area contributed by atoms with Crippen molar-refractivity contribution >= 4 is 11.7 Å². The minimum absolute atomic E-state index is 0.139. The maximum Gasteiger partial charge on any atom is 0.273 e. The normalized spacial score (nSPS) is 17.4. The van der Waals surface area contributed by atoms with Gasteiger partial charge in [-0.1, -0.05) is 6.07 Å². The standard InChI is InChI=1S/C18H23N5O2/c1-22(2)18(24)16-8-9-17(21-20-16)23-11-5-7-15(12-23)25-13-14-6-3-4-10-19-14/h3-4,6,8-10,15H,5,7,11-13H2,1-2H3. The predicted octanol–water partition coefficient (Wildman–Crippen LogP) is 1.76. The zero-order chi connectivity index (χ0) is 17.6. The summed E-state index contributed by atoms with van der Waals surface area (Å²) in [6.45, 7) is 2.20. The molecule has 1 atom stereocenters. The highest BCUT2D eigenvalue weighted by atomic mass is 16.5. The lowest BCUT2D eigenvalue weighted by Gasteiger charge is -2.33. The third kappa shape index (κ3) is 4.51. The van der Waals surface area contributed by atoms with Gasteiger partial charge in [-0.25, -0.2) is 0 Å². The molecule has 132 valence electrons. The van der Waals surface area contributed by atoms with Crippen LogP contribution in [0.15, 0.2) is 36.5 Å². The van der Waals surface area contributed by atoms with E-state index in [-0.39, 0.29) is 12.0 Å². The first-order chi connectivity index (χ1) is 12.1. The van der Waals surface area contributed by atoms with Gasteiger partial charge in [-0.15, -0.1) is 10.2 Å². The maximum atomic E-state index is 11.9. The van der Waals surface area contributed by atoms with E-state index in [1.807, 2.05) is 24.3 Å². The van der Waals surface area contributed by atoms with Crippen LogP contribution in [0.5, 0.6) is 0 Å². The summed E-state index contributed by atoms with van der Waals surface area (Å²) in [6.07, 6.45) is 3.97. The van der Waals surface area contributed by atoms with Gasteiger partial charge in [0.1, 0.15) is 0 Å². The summed E-state index contributed by atoms with van der Waals surface area (Å²) in [5, 5.41) is 8.28. The van der Waals surface area contributed by atoms with Crippen LogP contribution in [0.1, 0.15) is 29.0 Å². The topological polar surface area (TPSA) is 71.5 Å². The Kier molecular flexibility index (Phi) is 5.55. The van der Waals surface area contributed by atoms with Crippen LogP contribution >= 0.6 is 0 Å². The van der Waals surface area contributed by atoms with Crippen LogP contribution in [0, 0.1) is 0 Å². The first kappa shape index (κ1) is 17.3. The van der Waals surface area contributed by atoms with Crippen molar-refractivity contribution in [1.29, 1.82) is 0 Å². The van der Waals surface area contributed by atoms with E-state index in [1.54, 1.807) is 26.4 Å². The van der Waals surface area contributed by atoms with Crippen molar-refractivity contribution in [2.75, 3.05) is 32.1 Å². The average molecular weight is 341 g/mol. The van der Waals surface area contributed by atoms with Crippen molar-refractivity contribution in [2.24, 2.45) is 0 Å². The van der Waals surface area contributed by atoms with Gasteiger partial charge in [-0.05, 0) is 37.1 Å². The van der Waals surface area contributed by atoms with Gasteiger partial charge in [-0.2, -0.15) is 0 Å². The lowest BCUT2D eigenvalue weighted by Crippen LogP contribution is -2.40. The van der Waals surface area contributed by atoms with E-state index in [4.69, 9.17) is 4.74 Å². The molecule has 1 unspecified atom stereocenters. The molecule has 7 nitrogen and oxygen atoms in total. The monoisotopic (exact) mass is 341 g/mol. The fourth-order valence-electron chi connectivity index (χ4n) is 2.81. The SMILES string of the molecule is CN(C)C(=O)c1ccc(N2CCCC(OCc3ccccn3)C2)nn1. The number of piperidine rings is 1. The molecule has 0 N–H and O–H groups in total. The van der Waals surface area contributed by atoms with E-state index in [0.717, 1.165) is 37.4 Å². The number of anilines is 1. The number of nitrogens with zero attached hydrogens (tertiary/aromatic N) is 5. The van der Waals surface area contributed by atoms with Crippen molar-refractivity contribution < 1.29 is 9.53 Å². The van der Waals surface area contributed by atoms with E-state index < -0.39 is 0 Å². The number of pyridine rings is 1. The number of hydrogen-bond donors (Lipinski definition) is 0. The molecule has 0 aromatic carbocycles. The summed E-state index contributed by atoms with van der Waals surface area (Å²) in [7, 11) is 3.40. The van der Waals surface area contributed by atoms with Gasteiger partial charge in [0.05, 0.1) is 18.4 Å². The van der Waals surface area contributed by atoms with Crippen molar-refractivity contribution in [3.8, 4) is 0 Å². The van der Waals surface area contributed by atoms with Gasteiger partial charge < -0.3 is 14.5 Å². The molecular formula is C18H23N5O2. The van der Waals surface area contributed by atoms with E-state index in [1.165, 1.54) is 4.90 Å². The number of amides is 1. The molecule has 25 heavy (non-hydrogen) atoms. The Morgan fingerprint density at radius 3 is 2.84 bits per heavy atom. The minimum atomic E-state index is -0.144. The molecular weight excluding hydrogens is 318 g/mol. The van der Waals surface area contributed by atoms with Gasteiger partial charge in [0, 0.05) is 33.4 Å². The highest BCUT2D eigenvalue weighted by molar-refractivity contribution is 5.91. The molecule has 2 aromatic heterocycles. The Bertz CT molecular complexity index is 690. The van der Waals surface area contributed by atoms with Gasteiger partial charge in [0.2, 0.25) is 0 Å². The fourth-order valence-corrected chi connectivity index (χ4v) is 2.81. The molecule has 1 saturated heterocycles. The summed E-state index contributed by atoms with van der Waals surface area (Å²) in [5.41, 5.74) is 1.29. The summed E-state index contributed by atoms with van der Waals surface area (Å²) >= 11 is 0. The number of carbonyl (C=O) groups is 1. The number of carbonyl (C=O) groups excluding carboxylic acids is 1. The Morgan fingerprint density at radius 1 is 1.28 bits per heavy atom. The summed E-state index contributed by atoms with van der Waals surface area (Å²) < 4.78 is 6.00. The Hall–Kier alpha value is -2.54. The minimum Gasteiger partial charge on any atom is -0.370 e. The molecule has 1 aliphatic heterocycles. The maximum absolute atomic E-state index is 11.9. The molecule has 3 heterocycles. The smallest absolute Gasteiger partial charge is 0.273 e. The Morgan fingerprint density at radius 2 is 2.16 bits per heavy atom. The van der Waals surface area contributed by atoms with Crippen LogP contribution in [0.3, 0.4) is 0 Å². The second-order valence-corrected chi connectivity index (χ2v) is 6.32. The number of rotatable bonds is 5. The molecule has 0 bridgehead atoms. The van der Waals surface area contributed by atoms with Crippen LogP contribution < -0.4 is 4.90 Å². The first-order valence-electron chi connectivity index (χ1n) is 8.45. The second-order valence-electron chi connectivity index (χ2n) is 6.32. The van der Waals surface area contributed by atoms with E-state index >= 15 is 0 Å². The number of hydrogen-bond acceptors (Lipinski definition) is 6. The van der Waals surface area contributed by atoms with Crippen molar-refractivity contribution in [3.63, 3.8) is 0 Å². The molecule has 1 fully saturated rings. The second kappa shape index (κ2) is 8.02. The van der Waals surface area contributed by atoms with Gasteiger partial charge in [-0.3, -0.25) is 9.78 Å². The quantitative estimate of drug-likeness (QED) is 0.825. The number of ether oxygens (including phenoxy) is 1. The molecule has 1 amide bonds. The van der Waals surface area contributed by atoms with Gasteiger partial charge in [0.25, 0.3) is 5.91 Å². The summed E-state index contributed by atoms with van der Waals surface area (Å²) in [6, 6.07) is 9.40. The Labute approximate surface area is 147 Å². The largest absolute Gasteiger partial charge is 0.370 e. The summed E-state index contributed by atoms with van der Waals surface area (Å²) in [5.74, 6) is 0.635. The first-order valence-corrected chi connectivity index (χ1v) is 8.45. The highest BCUT2D eigenvalue weighted by Crippen LogP contribution is 2.20. The Balaban J connectivity index is 1.58. The zero-order valence-corrected chi connectivity index (χ0v) is 14.6. The lowest BCUT2D eigenvalue weighted by atomic mass is 10.1. The molecule has 0 radical (unpaired) electrons. The molecule has 0 aliphatic carbocycles. The number of aromatic nitrogens is 3. The molecule has 0 saturated carbocycles. The van der Waals surface area contributed by atoms with E-state index in [2.05, 4.69) is 20.1 Å². The molecule has 2 aromatic rings. The summed E-state index contributed by atoms with van der Waals surface area (Å²) in [4.78, 5) is 19.8. The van der Waals surface area contributed by atoms with Crippen LogP contribution in [0.4, 0.5) is 5.82 Å². The van der Waals surface area contributed by atoms with Crippen molar-refractivity contribution in [3.05, 3.63) is 47.9 Å². The lowest BCUT2D eigenvalue weighted by molar-refractivity contribution is 0.0297. The van der Waals surface area contributed by atoms with E-state index in [0.29, 0.717) is 12.3 Å². The van der Waals surface area contributed by atoms with Crippen molar-refractivity contribution in [2.45, 2.75) is 25.6 Å². The van der Waals surface area contributed by atoms with Crippen LogP contribution in [0.25, 0.3) is 0 Å². The van der Waals surface area contributed by atoms with Gasteiger partial charge >= 0.3 is 0 Å². The van der Waals surface area contributed by atoms with Gasteiger partial charge in [0.15, 0.2) is 11.5 Å². The third-order valence-electron chi connectivity index (χ3n) is 4.17. The predicted molar refractivity (Wildman–Crippen MR) is 94.3 cm³/mol. The highest BCUT2D eigenvalue weighted by Gasteiger charge is 2.22. The van der Waals surface area contributed by atoms with E-state index in [9.17, 15) is 4.79 Å². The molecule has 0 spiro atoms. The molecule has 3 rings (SSSR count). The van der Waals surface area contributed by atoms with Crippen molar-refractivity contribution in [1.82, 2.24) is 20.1 Å². The molecule has 7 heteroatoms. The average Bonchev–Trinajstić information content (AvgIpc) is 2.67.